The minimum absolute atomic E-state index is 0. The van der Waals surface area contributed by atoms with Crippen LogP contribution in [0.5, 0.6) is 0 Å². The molecule has 0 aliphatic heterocycles. The van der Waals surface area contributed by atoms with Gasteiger partial charge in [0.2, 0.25) is 0 Å². The summed E-state index contributed by atoms with van der Waals surface area (Å²) in [4.78, 5) is 123. The molecule has 0 spiro atoms. The van der Waals surface area contributed by atoms with Gasteiger partial charge in [0.1, 0.15) is 48.8 Å². The average Bonchev–Trinajstić information content (AvgIpc) is 1.41. The Kier molecular flexibility index (Phi) is 28.5. The van der Waals surface area contributed by atoms with Crippen LogP contribution >= 0.6 is 7.82 Å². The molecule has 12 unspecified atom stereocenters. The smallest absolute Gasteiger partial charge is 0.822 e. The number of Topliss-reactive ketones (excluding diaryl/α,β-unsaturated/α-hetero) is 4. The monoisotopic (exact) mass is 1610 g/mol. The summed E-state index contributed by atoms with van der Waals surface area (Å²) < 4.78 is 8.55. The first-order valence-electron chi connectivity index (χ1n) is 40.6. The third kappa shape index (κ3) is 15.0. The normalized spacial score (nSPS) is 47.4. The summed E-state index contributed by atoms with van der Waals surface area (Å²) in [5.74, 6) is 0.560. The Morgan fingerprint density at radius 3 is 0.670 bits per heavy atom. The zero-order valence-corrected chi connectivity index (χ0v) is 74.8. The molecular weight excluding hydrogens is 1490 g/mol. The molecule has 24 nitrogen and oxygen atoms in total. The van der Waals surface area contributed by atoms with Gasteiger partial charge in [0.25, 0.3) is 0 Å². The Morgan fingerprint density at radius 1 is 0.339 bits per heavy atom. The van der Waals surface area contributed by atoms with E-state index >= 15 is 0 Å². The summed E-state index contributed by atoms with van der Waals surface area (Å²) in [6.45, 7) is 13.8. The molecule has 16 aliphatic rings. The van der Waals surface area contributed by atoms with Gasteiger partial charge in [0.15, 0.2) is 46.3 Å². The Bertz CT molecular complexity index is 3400. The Morgan fingerprint density at radius 2 is 0.509 bits per heavy atom. The summed E-state index contributed by atoms with van der Waals surface area (Å²) in [7, 11) is -5.39. The number of aliphatic hydroxyl groups excluding tert-OH is 8. The number of carbonyl (C=O) groups excluding carboxylic acids is 8. The van der Waals surface area contributed by atoms with E-state index in [9.17, 15) is 99.6 Å². The number of aliphatic hydroxyl groups is 12. The number of phosphoric acid groups is 1. The predicted molar refractivity (Wildman–Crippen MR) is 388 cm³/mol. The van der Waals surface area contributed by atoms with E-state index in [1.165, 1.54) is 22.3 Å². The predicted octanol–water partition coefficient (Wildman–Crippen LogP) is -4.69. The van der Waals surface area contributed by atoms with Crippen LogP contribution in [0.2, 0.25) is 0 Å². The van der Waals surface area contributed by atoms with Crippen LogP contribution in [-0.4, -0.2) is 181 Å². The van der Waals surface area contributed by atoms with Crippen molar-refractivity contribution < 1.29 is 208 Å². The van der Waals surface area contributed by atoms with E-state index < -0.39 is 126 Å². The molecular formula is C84H120Na3O24P. The Labute approximate surface area is 724 Å². The van der Waals surface area contributed by atoms with Crippen molar-refractivity contribution in [2.24, 2.45) is 114 Å². The van der Waals surface area contributed by atoms with Gasteiger partial charge in [0, 0.05) is 47.3 Å². The number of allylic oxidation sites excluding steroid dienone is 4. The molecule has 28 atom stereocenters. The van der Waals surface area contributed by atoms with E-state index in [4.69, 9.17) is 19.2 Å². The van der Waals surface area contributed by atoms with Crippen LogP contribution in [0.15, 0.2) is 46.6 Å². The Balaban J connectivity index is 0.000000166. The number of fused-ring (bicyclic) bond motifs is 20. The van der Waals surface area contributed by atoms with Gasteiger partial charge in [0.05, 0.1) is 24.4 Å². The van der Waals surface area contributed by atoms with Gasteiger partial charge in [-0.1, -0.05) is 77.7 Å². The molecule has 0 bridgehead atoms. The average molecular weight is 1610 g/mol. The second-order valence-electron chi connectivity index (χ2n) is 38.7. The molecule has 0 saturated heterocycles. The molecule has 0 radical (unpaired) electrons. The van der Waals surface area contributed by atoms with E-state index in [2.05, 4.69) is 27.7 Å². The van der Waals surface area contributed by atoms with E-state index in [-0.39, 0.29) is 204 Å². The molecule has 0 aromatic heterocycles. The van der Waals surface area contributed by atoms with Crippen molar-refractivity contribution in [2.45, 2.75) is 282 Å². The first kappa shape index (κ1) is 94.8. The number of rotatable bonds is 8. The molecule has 28 heteroatoms. The van der Waals surface area contributed by atoms with E-state index in [0.29, 0.717) is 77.0 Å². The fraction of sp³-hybridized carbons (Fsp3) is 0.810. The SMILES string of the molecule is C[C@]12CCC(=O)C=C1CCC1C2[C@@H](O)C[C@@]2(C)C1CC[C@]2(O)C(=O)CO.C[C@]12CCC(=O)C=C1CCC1C2[C@@H](O)C[C@@]2(C)C1CC[C@]2(O)C(=O)CO.C[C@]12CCC(=O)C=C1CCC1C2[C@@H](O)C[C@@]2(C)C1CC[C@]2(O)C(=O)CO.C[C@]12CCC(=O)C=C1CCC1C2[C@@H](O)C[C@@]2(C)C1CC[C@]2(O)C(=O)CO.O=P([O-])([O-])[O-].[Na+].[Na+].[Na+]. The van der Waals surface area contributed by atoms with Gasteiger partial charge in [-0.25, -0.2) is 0 Å². The third-order valence-corrected chi connectivity index (χ3v) is 34.6. The topological polar surface area (TPSA) is 466 Å². The Hall–Kier alpha value is -1.05. The van der Waals surface area contributed by atoms with Crippen LogP contribution in [0.1, 0.15) is 235 Å². The van der Waals surface area contributed by atoms with Crippen LogP contribution in [0.4, 0.5) is 0 Å². The van der Waals surface area contributed by atoms with E-state index in [1.54, 1.807) is 24.3 Å². The zero-order chi connectivity index (χ0) is 80.1. The maximum absolute atomic E-state index is 12.4. The molecule has 16 rings (SSSR count). The fourth-order valence-electron chi connectivity index (χ4n) is 29.1. The van der Waals surface area contributed by atoms with Gasteiger partial charge < -0.3 is 80.5 Å². The molecule has 12 saturated carbocycles. The van der Waals surface area contributed by atoms with Crippen LogP contribution in [0.3, 0.4) is 0 Å². The van der Waals surface area contributed by atoms with Gasteiger partial charge in [-0.05, 0) is 271 Å². The molecule has 0 heterocycles. The van der Waals surface area contributed by atoms with E-state index in [1.807, 2.05) is 27.7 Å². The number of ketones is 8. The number of hydrogen-bond acceptors (Lipinski definition) is 24. The van der Waals surface area contributed by atoms with Crippen LogP contribution in [0, 0.1) is 114 Å². The number of hydrogen-bond donors (Lipinski definition) is 12. The van der Waals surface area contributed by atoms with Crippen molar-refractivity contribution in [1.82, 2.24) is 0 Å². The van der Waals surface area contributed by atoms with E-state index in [0.717, 1.165) is 103 Å². The molecule has 0 amide bonds. The van der Waals surface area contributed by atoms with Gasteiger partial charge in [-0.2, -0.15) is 7.82 Å². The summed E-state index contributed by atoms with van der Waals surface area (Å²) >= 11 is 0. The first-order chi connectivity index (χ1) is 50.7. The quantitative estimate of drug-likeness (QED) is 0.0803. The van der Waals surface area contributed by atoms with Gasteiger partial charge in [-0.15, -0.1) is 0 Å². The van der Waals surface area contributed by atoms with Gasteiger partial charge in [-0.3, -0.25) is 38.4 Å². The van der Waals surface area contributed by atoms with Crippen molar-refractivity contribution >= 4 is 54.1 Å². The maximum atomic E-state index is 12.4. The minimum Gasteiger partial charge on any atom is -0.822 e. The minimum atomic E-state index is -5.39. The third-order valence-electron chi connectivity index (χ3n) is 34.6. The van der Waals surface area contributed by atoms with Crippen molar-refractivity contribution in [3.05, 3.63) is 46.6 Å². The molecule has 12 fully saturated rings. The van der Waals surface area contributed by atoms with Crippen LogP contribution in [0.25, 0.3) is 0 Å². The van der Waals surface area contributed by atoms with Crippen molar-refractivity contribution in [2.75, 3.05) is 26.4 Å². The fourth-order valence-corrected chi connectivity index (χ4v) is 29.1. The van der Waals surface area contributed by atoms with Gasteiger partial charge >= 0.3 is 88.7 Å². The second-order valence-corrected chi connectivity index (χ2v) is 39.6. The van der Waals surface area contributed by atoms with Crippen molar-refractivity contribution in [3.8, 4) is 0 Å². The molecule has 12 N–H and O–H groups in total. The molecule has 16 aliphatic carbocycles. The maximum Gasteiger partial charge on any atom is 1.00 e. The summed E-state index contributed by atoms with van der Waals surface area (Å²) in [6.07, 6.45) is 22.9. The number of carbonyl (C=O) groups is 8. The molecule has 0 aromatic carbocycles. The zero-order valence-electron chi connectivity index (χ0n) is 67.9. The molecule has 112 heavy (non-hydrogen) atoms. The molecule has 608 valence electrons. The van der Waals surface area contributed by atoms with Crippen molar-refractivity contribution in [3.63, 3.8) is 0 Å². The molecule has 0 aromatic rings. The summed E-state index contributed by atoms with van der Waals surface area (Å²) in [5, 5.41) is 127. The van der Waals surface area contributed by atoms with Crippen molar-refractivity contribution in [1.29, 1.82) is 0 Å². The second kappa shape index (κ2) is 33.6. The van der Waals surface area contributed by atoms with Crippen LogP contribution < -0.4 is 103 Å². The van der Waals surface area contributed by atoms with Crippen LogP contribution in [-0.2, 0) is 42.9 Å². The summed E-state index contributed by atoms with van der Waals surface area (Å²) in [6, 6.07) is 0. The first-order valence-corrected chi connectivity index (χ1v) is 42.0. The standard InChI is InChI=1S/4C21H30O5.3Na.H3O4P/c4*1-19-7-5-13(23)9-12(19)3-4-14-15-6-8-21(26,17(25)11-22)20(15,2)10-16(24)18(14)19;;;;1-5(2,3)4/h4*9,14-16,18,22,24,26H,3-8,10-11H2,1-2H3;;;;(H3,1,2,3,4)/q;;;;3*+1;/p-3/t4*14?,15?,16-,18?,19-,20-,21-;;;;/m0000..../s1. The summed E-state index contributed by atoms with van der Waals surface area (Å²) in [5.41, 5.74) is -4.93. The largest absolute Gasteiger partial charge is 1.00 e.